The second-order valence-corrected chi connectivity index (χ2v) is 8.17. The molecule has 2 rings (SSSR count). The van der Waals surface area contributed by atoms with E-state index in [1.165, 1.54) is 12.1 Å². The topological polar surface area (TPSA) is 87.3 Å². The van der Waals surface area contributed by atoms with Crippen LogP contribution in [0.15, 0.2) is 40.9 Å². The van der Waals surface area contributed by atoms with Gasteiger partial charge in [0, 0.05) is 35.2 Å². The molecule has 6 nitrogen and oxygen atoms in total. The van der Waals surface area contributed by atoms with Crippen LogP contribution in [0.25, 0.3) is 0 Å². The minimum Gasteiger partial charge on any atom is -0.352 e. The quantitative estimate of drug-likeness (QED) is 0.535. The molecule has 0 fully saturated rings. The number of benzene rings is 2. The predicted octanol–water partition coefficient (Wildman–Crippen LogP) is 4.04. The van der Waals surface area contributed by atoms with Crippen LogP contribution in [0.1, 0.15) is 46.5 Å². The lowest BCUT2D eigenvalue weighted by atomic mass is 10.1. The molecule has 8 heteroatoms. The third-order valence-corrected chi connectivity index (χ3v) is 4.94. The van der Waals surface area contributed by atoms with Crippen molar-refractivity contribution < 1.29 is 18.8 Å². The highest BCUT2D eigenvalue weighted by molar-refractivity contribution is 9.10. The summed E-state index contributed by atoms with van der Waals surface area (Å²) in [5.41, 5.74) is 2.05. The van der Waals surface area contributed by atoms with Gasteiger partial charge >= 0.3 is 0 Å². The Morgan fingerprint density at radius 2 is 1.77 bits per heavy atom. The predicted molar refractivity (Wildman–Crippen MR) is 118 cm³/mol. The number of carbonyl (C=O) groups is 3. The zero-order valence-electron chi connectivity index (χ0n) is 17.1. The van der Waals surface area contributed by atoms with E-state index in [4.69, 9.17) is 0 Å². The van der Waals surface area contributed by atoms with E-state index in [1.54, 1.807) is 25.1 Å². The third kappa shape index (κ3) is 6.95. The number of hydrogen-bond acceptors (Lipinski definition) is 3. The summed E-state index contributed by atoms with van der Waals surface area (Å²) in [5.74, 6) is -1.07. The molecule has 0 atom stereocenters. The first-order valence-electron chi connectivity index (χ1n) is 9.59. The number of rotatable bonds is 8. The molecule has 2 aromatic rings. The van der Waals surface area contributed by atoms with E-state index in [-0.39, 0.29) is 30.3 Å². The van der Waals surface area contributed by atoms with Crippen molar-refractivity contribution in [3.05, 3.63) is 63.4 Å². The van der Waals surface area contributed by atoms with Crippen molar-refractivity contribution in [2.45, 2.75) is 27.2 Å². The standard InChI is InChI=1S/C22H25BrFN3O3/c1-13(2)12-26-21(29)15-4-7-19(14(3)10-15)27-20(28)8-9-25-22(30)17-11-16(24)5-6-18(17)23/h4-7,10-11,13H,8-9,12H2,1-3H3,(H,25,30)(H,26,29)(H,27,28). The summed E-state index contributed by atoms with van der Waals surface area (Å²) in [6.45, 7) is 6.53. The molecule has 0 aliphatic rings. The Balaban J connectivity index is 1.86. The average molecular weight is 478 g/mol. The van der Waals surface area contributed by atoms with Crippen molar-refractivity contribution in [1.29, 1.82) is 0 Å². The minimum absolute atomic E-state index is 0.0503. The Morgan fingerprint density at radius 1 is 1.03 bits per heavy atom. The molecule has 0 spiro atoms. The maximum atomic E-state index is 13.3. The first-order chi connectivity index (χ1) is 14.2. The fraction of sp³-hybridized carbons (Fsp3) is 0.318. The Bertz CT molecular complexity index is 947. The first-order valence-corrected chi connectivity index (χ1v) is 10.4. The zero-order valence-corrected chi connectivity index (χ0v) is 18.7. The highest BCUT2D eigenvalue weighted by Gasteiger charge is 2.13. The molecule has 160 valence electrons. The monoisotopic (exact) mass is 477 g/mol. The number of amides is 3. The fourth-order valence-corrected chi connectivity index (χ4v) is 3.04. The van der Waals surface area contributed by atoms with Crippen molar-refractivity contribution in [3.8, 4) is 0 Å². The van der Waals surface area contributed by atoms with Gasteiger partial charge in [0.2, 0.25) is 5.91 Å². The third-order valence-electron chi connectivity index (χ3n) is 4.24. The molecule has 0 aliphatic carbocycles. The number of carbonyl (C=O) groups excluding carboxylic acids is 3. The Labute approximate surface area is 183 Å². The van der Waals surface area contributed by atoms with E-state index in [0.717, 1.165) is 11.6 Å². The SMILES string of the molecule is Cc1cc(C(=O)NCC(C)C)ccc1NC(=O)CCNC(=O)c1cc(F)ccc1Br. The lowest BCUT2D eigenvalue weighted by molar-refractivity contribution is -0.116. The molecule has 2 aromatic carbocycles. The normalized spacial score (nSPS) is 10.6. The average Bonchev–Trinajstić information content (AvgIpc) is 2.69. The van der Waals surface area contributed by atoms with Gasteiger partial charge in [-0.3, -0.25) is 14.4 Å². The Morgan fingerprint density at radius 3 is 2.43 bits per heavy atom. The highest BCUT2D eigenvalue weighted by atomic mass is 79.9. The van der Waals surface area contributed by atoms with Gasteiger partial charge in [0.05, 0.1) is 5.56 Å². The van der Waals surface area contributed by atoms with Crippen LogP contribution < -0.4 is 16.0 Å². The van der Waals surface area contributed by atoms with Crippen LogP contribution in [-0.2, 0) is 4.79 Å². The lowest BCUT2D eigenvalue weighted by Gasteiger charge is -2.12. The second kappa shape index (κ2) is 10.9. The van der Waals surface area contributed by atoms with Crippen molar-refractivity contribution >= 4 is 39.3 Å². The molecule has 0 saturated heterocycles. The summed E-state index contributed by atoms with van der Waals surface area (Å²) in [5, 5.41) is 8.22. The van der Waals surface area contributed by atoms with Crippen molar-refractivity contribution in [2.24, 2.45) is 5.92 Å². The molecule has 30 heavy (non-hydrogen) atoms. The molecule has 0 aliphatic heterocycles. The first kappa shape index (κ1) is 23.5. The number of halogens is 2. The van der Waals surface area contributed by atoms with Crippen LogP contribution in [0.4, 0.5) is 10.1 Å². The van der Waals surface area contributed by atoms with Gasteiger partial charge in [-0.2, -0.15) is 0 Å². The second-order valence-electron chi connectivity index (χ2n) is 7.31. The van der Waals surface area contributed by atoms with E-state index >= 15 is 0 Å². The maximum absolute atomic E-state index is 13.3. The summed E-state index contributed by atoms with van der Waals surface area (Å²) >= 11 is 3.20. The summed E-state index contributed by atoms with van der Waals surface area (Å²) in [6, 6.07) is 8.88. The van der Waals surface area contributed by atoms with Crippen LogP contribution in [0, 0.1) is 18.7 Å². The van der Waals surface area contributed by atoms with Gasteiger partial charge in [-0.05, 0) is 70.7 Å². The van der Waals surface area contributed by atoms with Crippen molar-refractivity contribution in [3.63, 3.8) is 0 Å². The molecular formula is C22H25BrFN3O3. The van der Waals surface area contributed by atoms with Crippen LogP contribution in [0.5, 0.6) is 0 Å². The van der Waals surface area contributed by atoms with Crippen molar-refractivity contribution in [1.82, 2.24) is 10.6 Å². The summed E-state index contributed by atoms with van der Waals surface area (Å²) < 4.78 is 13.8. The largest absolute Gasteiger partial charge is 0.352 e. The molecule has 0 bridgehead atoms. The van der Waals surface area contributed by atoms with Crippen LogP contribution >= 0.6 is 15.9 Å². The van der Waals surface area contributed by atoms with Crippen LogP contribution in [0.3, 0.4) is 0 Å². The number of anilines is 1. The fourth-order valence-electron chi connectivity index (χ4n) is 2.61. The Kier molecular flexibility index (Phi) is 8.53. The highest BCUT2D eigenvalue weighted by Crippen LogP contribution is 2.18. The molecule has 0 saturated carbocycles. The summed E-state index contributed by atoms with van der Waals surface area (Å²) in [4.78, 5) is 36.5. The van der Waals surface area contributed by atoms with Gasteiger partial charge in [-0.15, -0.1) is 0 Å². The number of hydrogen-bond donors (Lipinski definition) is 3. The van der Waals surface area contributed by atoms with E-state index in [2.05, 4.69) is 31.9 Å². The van der Waals surface area contributed by atoms with Crippen molar-refractivity contribution in [2.75, 3.05) is 18.4 Å². The number of aryl methyl sites for hydroxylation is 1. The minimum atomic E-state index is -0.516. The van der Waals surface area contributed by atoms with Gasteiger partial charge in [-0.25, -0.2) is 4.39 Å². The molecule has 0 unspecified atom stereocenters. The molecule has 0 radical (unpaired) electrons. The lowest BCUT2D eigenvalue weighted by Crippen LogP contribution is -2.28. The smallest absolute Gasteiger partial charge is 0.252 e. The molecule has 0 aromatic heterocycles. The van der Waals surface area contributed by atoms with E-state index in [1.807, 2.05) is 13.8 Å². The van der Waals surface area contributed by atoms with Gasteiger partial charge in [0.1, 0.15) is 5.82 Å². The van der Waals surface area contributed by atoms with Gasteiger partial charge in [0.25, 0.3) is 11.8 Å². The maximum Gasteiger partial charge on any atom is 0.252 e. The van der Waals surface area contributed by atoms with Crippen LogP contribution in [-0.4, -0.2) is 30.8 Å². The van der Waals surface area contributed by atoms with E-state index in [0.29, 0.717) is 28.2 Å². The van der Waals surface area contributed by atoms with Crippen LogP contribution in [0.2, 0.25) is 0 Å². The zero-order chi connectivity index (χ0) is 22.3. The van der Waals surface area contributed by atoms with Gasteiger partial charge in [-0.1, -0.05) is 13.8 Å². The van der Waals surface area contributed by atoms with Gasteiger partial charge in [0.15, 0.2) is 0 Å². The van der Waals surface area contributed by atoms with E-state index < -0.39 is 11.7 Å². The number of nitrogens with one attached hydrogen (secondary N) is 3. The summed E-state index contributed by atoms with van der Waals surface area (Å²) in [7, 11) is 0. The molecule has 0 heterocycles. The summed E-state index contributed by atoms with van der Waals surface area (Å²) in [6.07, 6.45) is 0.0503. The van der Waals surface area contributed by atoms with E-state index in [9.17, 15) is 18.8 Å². The van der Waals surface area contributed by atoms with Gasteiger partial charge < -0.3 is 16.0 Å². The molecular weight excluding hydrogens is 453 g/mol. The Hall–Kier alpha value is -2.74. The molecule has 3 amide bonds. The molecule has 3 N–H and O–H groups in total.